The van der Waals surface area contributed by atoms with Crippen LogP contribution in [0.3, 0.4) is 0 Å². The zero-order valence-corrected chi connectivity index (χ0v) is 16.1. The monoisotopic (exact) mass is 411 g/mol. The highest BCUT2D eigenvalue weighted by Crippen LogP contribution is 2.42. The second-order valence-electron chi connectivity index (χ2n) is 7.78. The van der Waals surface area contributed by atoms with Crippen LogP contribution in [-0.4, -0.2) is 39.8 Å². The summed E-state index contributed by atoms with van der Waals surface area (Å²) in [6.07, 6.45) is 2.98. The van der Waals surface area contributed by atoms with Crippen LogP contribution in [0, 0.1) is 5.82 Å². The lowest BCUT2D eigenvalue weighted by Gasteiger charge is -2.20. The molecule has 3 aromatic rings. The van der Waals surface area contributed by atoms with Gasteiger partial charge in [0.25, 0.3) is 5.88 Å². The molecule has 30 heavy (non-hydrogen) atoms. The zero-order chi connectivity index (χ0) is 20.4. The van der Waals surface area contributed by atoms with Gasteiger partial charge in [0.05, 0.1) is 29.7 Å². The van der Waals surface area contributed by atoms with E-state index in [1.807, 2.05) is 24.2 Å². The van der Waals surface area contributed by atoms with Crippen molar-refractivity contribution < 1.29 is 23.2 Å². The topological polar surface area (TPSA) is 85.9 Å². The van der Waals surface area contributed by atoms with E-state index in [1.54, 1.807) is 10.7 Å². The molecule has 0 saturated carbocycles. The largest absolute Gasteiger partial charge is 0.471 e. The van der Waals surface area contributed by atoms with Crippen molar-refractivity contribution in [2.75, 3.05) is 16.4 Å². The summed E-state index contributed by atoms with van der Waals surface area (Å²) >= 11 is 0. The summed E-state index contributed by atoms with van der Waals surface area (Å²) in [5.74, 6) is -0.0326. The SMILES string of the molecule is Cn1cc2c(n1)CN(c1cc3c(cc1F)N1C(=O)OC(COc4ccon4)[C@@H]1C3)C2. The third kappa shape index (κ3) is 2.56. The van der Waals surface area contributed by atoms with E-state index in [0.717, 1.165) is 16.8 Å². The minimum absolute atomic E-state index is 0.149. The summed E-state index contributed by atoms with van der Waals surface area (Å²) in [4.78, 5) is 16.0. The van der Waals surface area contributed by atoms with Gasteiger partial charge in [0, 0.05) is 37.5 Å². The maximum atomic E-state index is 15.0. The van der Waals surface area contributed by atoms with Gasteiger partial charge >= 0.3 is 6.09 Å². The molecule has 3 aliphatic heterocycles. The number of hydrogen-bond acceptors (Lipinski definition) is 7. The van der Waals surface area contributed by atoms with Gasteiger partial charge in [-0.3, -0.25) is 9.58 Å². The normalized spacial score (nSPS) is 21.6. The minimum atomic E-state index is -0.488. The lowest BCUT2D eigenvalue weighted by molar-refractivity contribution is 0.0886. The van der Waals surface area contributed by atoms with Gasteiger partial charge < -0.3 is 18.9 Å². The van der Waals surface area contributed by atoms with Crippen LogP contribution in [0.1, 0.15) is 16.8 Å². The van der Waals surface area contributed by atoms with Crippen molar-refractivity contribution in [1.29, 1.82) is 0 Å². The Morgan fingerprint density at radius 2 is 2.17 bits per heavy atom. The zero-order valence-electron chi connectivity index (χ0n) is 16.1. The standard InChI is InChI=1S/C20H18FN5O4/c1-24-7-12-8-25(9-14(12)22-24)16-4-11-5-17-18(10-28-19-2-3-29-23-19)30-20(27)26(17)15(11)6-13(16)21/h2-4,6-7,17-18H,5,8-10H2,1H3/t17-,18?/m0/s1. The van der Waals surface area contributed by atoms with E-state index in [9.17, 15) is 4.79 Å². The molecule has 1 unspecified atom stereocenters. The first-order valence-electron chi connectivity index (χ1n) is 9.68. The number of carbonyl (C=O) groups excluding carboxylic acids is 1. The summed E-state index contributed by atoms with van der Waals surface area (Å²) < 4.78 is 32.6. The molecule has 1 amide bonds. The Kier molecular flexibility index (Phi) is 3.59. The van der Waals surface area contributed by atoms with Crippen LogP contribution >= 0.6 is 0 Å². The lowest BCUT2D eigenvalue weighted by Crippen LogP contribution is -2.36. The lowest BCUT2D eigenvalue weighted by atomic mass is 10.1. The number of hydrogen-bond donors (Lipinski definition) is 0. The highest BCUT2D eigenvalue weighted by molar-refractivity contribution is 5.94. The first-order valence-corrected chi connectivity index (χ1v) is 9.68. The third-order valence-electron chi connectivity index (χ3n) is 5.89. The van der Waals surface area contributed by atoms with E-state index in [1.165, 1.54) is 17.2 Å². The maximum absolute atomic E-state index is 15.0. The molecule has 1 aromatic carbocycles. The Morgan fingerprint density at radius 3 is 2.97 bits per heavy atom. The number of anilines is 2. The molecule has 1 fully saturated rings. The number of aromatic nitrogens is 3. The van der Waals surface area contributed by atoms with Gasteiger partial charge in [0.1, 0.15) is 18.7 Å². The van der Waals surface area contributed by atoms with Crippen molar-refractivity contribution in [2.45, 2.75) is 31.7 Å². The summed E-state index contributed by atoms with van der Waals surface area (Å²) in [6.45, 7) is 1.33. The van der Waals surface area contributed by atoms with Crippen LogP contribution in [-0.2, 0) is 31.3 Å². The molecule has 0 aliphatic carbocycles. The van der Waals surface area contributed by atoms with Crippen LogP contribution in [0.15, 0.2) is 35.2 Å². The van der Waals surface area contributed by atoms with E-state index in [4.69, 9.17) is 14.0 Å². The van der Waals surface area contributed by atoms with Crippen LogP contribution in [0.25, 0.3) is 0 Å². The van der Waals surface area contributed by atoms with Crippen molar-refractivity contribution in [1.82, 2.24) is 14.9 Å². The molecule has 6 rings (SSSR count). The second kappa shape index (κ2) is 6.22. The Morgan fingerprint density at radius 1 is 1.27 bits per heavy atom. The van der Waals surface area contributed by atoms with Gasteiger partial charge in [0.2, 0.25) is 0 Å². The Balaban J connectivity index is 1.24. The molecule has 2 aromatic heterocycles. The number of halogens is 1. The summed E-state index contributed by atoms with van der Waals surface area (Å²) in [5, 5.41) is 8.13. The van der Waals surface area contributed by atoms with Crippen LogP contribution in [0.5, 0.6) is 5.88 Å². The third-order valence-corrected chi connectivity index (χ3v) is 5.89. The molecule has 0 radical (unpaired) electrons. The Bertz CT molecular complexity index is 1120. The molecule has 0 spiro atoms. The number of benzene rings is 1. The summed E-state index contributed by atoms with van der Waals surface area (Å²) in [5.41, 5.74) is 4.08. The average molecular weight is 411 g/mol. The predicted molar refractivity (Wildman–Crippen MR) is 102 cm³/mol. The van der Waals surface area contributed by atoms with E-state index in [0.29, 0.717) is 36.8 Å². The molecule has 1 saturated heterocycles. The number of cyclic esters (lactones) is 1. The van der Waals surface area contributed by atoms with Gasteiger partial charge in [-0.25, -0.2) is 9.18 Å². The fourth-order valence-corrected chi connectivity index (χ4v) is 4.57. The van der Waals surface area contributed by atoms with Crippen LogP contribution in [0.2, 0.25) is 0 Å². The minimum Gasteiger partial charge on any atom is -0.471 e. The maximum Gasteiger partial charge on any atom is 0.415 e. The summed E-state index contributed by atoms with van der Waals surface area (Å²) in [7, 11) is 1.88. The quantitative estimate of drug-likeness (QED) is 0.652. The van der Waals surface area contributed by atoms with E-state index in [-0.39, 0.29) is 18.5 Å². The van der Waals surface area contributed by atoms with Gasteiger partial charge in [-0.2, -0.15) is 5.10 Å². The van der Waals surface area contributed by atoms with Crippen molar-refractivity contribution in [3.63, 3.8) is 0 Å². The molecule has 0 bridgehead atoms. The van der Waals surface area contributed by atoms with Gasteiger partial charge in [-0.05, 0) is 23.2 Å². The Hall–Kier alpha value is -3.56. The Labute approximate surface area is 170 Å². The van der Waals surface area contributed by atoms with E-state index >= 15 is 4.39 Å². The molecular formula is C20H18FN5O4. The molecule has 10 heteroatoms. The predicted octanol–water partition coefficient (Wildman–Crippen LogP) is 2.40. The molecule has 154 valence electrons. The van der Waals surface area contributed by atoms with Crippen molar-refractivity contribution in [2.24, 2.45) is 7.05 Å². The van der Waals surface area contributed by atoms with Gasteiger partial charge in [-0.1, -0.05) is 0 Å². The molecule has 9 nitrogen and oxygen atoms in total. The smallest absolute Gasteiger partial charge is 0.415 e. The van der Waals surface area contributed by atoms with Crippen molar-refractivity contribution in [3.8, 4) is 5.88 Å². The van der Waals surface area contributed by atoms with E-state index < -0.39 is 12.2 Å². The highest BCUT2D eigenvalue weighted by atomic mass is 19.1. The average Bonchev–Trinajstić information content (AvgIpc) is 3.48. The molecule has 2 atom stereocenters. The number of nitrogens with zero attached hydrogens (tertiary/aromatic N) is 5. The number of rotatable bonds is 4. The number of carbonyl (C=O) groups is 1. The highest BCUT2D eigenvalue weighted by Gasteiger charge is 2.48. The molecule has 3 aliphatic rings. The molecular weight excluding hydrogens is 393 g/mol. The number of amides is 1. The van der Waals surface area contributed by atoms with Crippen LogP contribution < -0.4 is 14.5 Å². The number of aryl methyl sites for hydroxylation is 1. The van der Waals surface area contributed by atoms with Crippen LogP contribution in [0.4, 0.5) is 20.6 Å². The second-order valence-corrected chi connectivity index (χ2v) is 7.78. The number of ether oxygens (including phenoxy) is 2. The first kappa shape index (κ1) is 17.3. The van der Waals surface area contributed by atoms with Gasteiger partial charge in [0.15, 0.2) is 6.10 Å². The molecule has 5 heterocycles. The van der Waals surface area contributed by atoms with E-state index in [2.05, 4.69) is 10.3 Å². The number of fused-ring (bicyclic) bond motifs is 4. The van der Waals surface area contributed by atoms with Crippen molar-refractivity contribution >= 4 is 17.5 Å². The summed E-state index contributed by atoms with van der Waals surface area (Å²) in [6, 6.07) is 4.62. The van der Waals surface area contributed by atoms with Gasteiger partial charge in [-0.15, -0.1) is 0 Å². The van der Waals surface area contributed by atoms with Crippen molar-refractivity contribution in [3.05, 3.63) is 53.3 Å². The molecule has 0 N–H and O–H groups in total. The fourth-order valence-electron chi connectivity index (χ4n) is 4.57. The fraction of sp³-hybridized carbons (Fsp3) is 0.350. The first-order chi connectivity index (χ1) is 14.6.